The lowest BCUT2D eigenvalue weighted by atomic mass is 9.88. The second-order valence-corrected chi connectivity index (χ2v) is 6.93. The quantitative estimate of drug-likeness (QED) is 0.940. The van der Waals surface area contributed by atoms with Gasteiger partial charge in [0.1, 0.15) is 0 Å². The Bertz CT molecular complexity index is 685. The van der Waals surface area contributed by atoms with E-state index < -0.39 is 0 Å². The van der Waals surface area contributed by atoms with Gasteiger partial charge in [0.25, 0.3) is 0 Å². The molecule has 4 rings (SSSR count). The van der Waals surface area contributed by atoms with E-state index in [1.54, 1.807) is 10.9 Å². The molecule has 126 valence electrons. The maximum atomic E-state index is 12.5. The molecular weight excluding hydrogens is 300 g/mol. The van der Waals surface area contributed by atoms with Crippen LogP contribution in [0.3, 0.4) is 0 Å². The standard InChI is InChI=1S/C19H24N4O/c24-19(15-13-22(14-15)17-7-2-1-3-8-17)21-16-6-4-9-18(12-16)23-11-5-10-20-23/h4-6,9-12,15,17H,1-3,7-8,13-14H2,(H,21,24). The monoisotopic (exact) mass is 324 g/mol. The average Bonchev–Trinajstić information content (AvgIpc) is 3.09. The van der Waals surface area contributed by atoms with E-state index in [0.29, 0.717) is 6.04 Å². The number of anilines is 1. The van der Waals surface area contributed by atoms with Crippen LogP contribution in [0.25, 0.3) is 5.69 Å². The summed E-state index contributed by atoms with van der Waals surface area (Å²) in [5.74, 6) is 0.264. The first-order valence-electron chi connectivity index (χ1n) is 8.94. The van der Waals surface area contributed by atoms with Gasteiger partial charge in [-0.1, -0.05) is 25.3 Å². The number of nitrogens with zero attached hydrogens (tertiary/aromatic N) is 3. The molecular formula is C19H24N4O. The molecule has 0 spiro atoms. The first-order chi connectivity index (χ1) is 11.8. The molecule has 2 heterocycles. The Morgan fingerprint density at radius 1 is 1.12 bits per heavy atom. The summed E-state index contributed by atoms with van der Waals surface area (Å²) < 4.78 is 1.80. The minimum Gasteiger partial charge on any atom is -0.326 e. The van der Waals surface area contributed by atoms with Gasteiger partial charge in [-0.2, -0.15) is 5.10 Å². The van der Waals surface area contributed by atoms with Crippen LogP contribution in [0.15, 0.2) is 42.7 Å². The van der Waals surface area contributed by atoms with Crippen molar-refractivity contribution >= 4 is 11.6 Å². The molecule has 2 fully saturated rings. The second kappa shape index (κ2) is 6.77. The molecule has 0 atom stereocenters. The van der Waals surface area contributed by atoms with Gasteiger partial charge in [-0.05, 0) is 37.1 Å². The van der Waals surface area contributed by atoms with Gasteiger partial charge < -0.3 is 5.32 Å². The molecule has 0 radical (unpaired) electrons. The largest absolute Gasteiger partial charge is 0.326 e. The highest BCUT2D eigenvalue weighted by Gasteiger charge is 2.36. The number of carbonyl (C=O) groups excluding carboxylic acids is 1. The highest BCUT2D eigenvalue weighted by atomic mass is 16.2. The zero-order chi connectivity index (χ0) is 16.4. The number of carbonyl (C=O) groups is 1. The Morgan fingerprint density at radius 3 is 2.71 bits per heavy atom. The number of hydrogen-bond donors (Lipinski definition) is 1. The fourth-order valence-corrected chi connectivity index (χ4v) is 3.81. The van der Waals surface area contributed by atoms with E-state index >= 15 is 0 Å². The zero-order valence-electron chi connectivity index (χ0n) is 13.9. The number of likely N-dealkylation sites (tertiary alicyclic amines) is 1. The molecule has 1 aromatic heterocycles. The fraction of sp³-hybridized carbons (Fsp3) is 0.474. The molecule has 0 bridgehead atoms. The molecule has 1 aromatic carbocycles. The Morgan fingerprint density at radius 2 is 1.96 bits per heavy atom. The van der Waals surface area contributed by atoms with Crippen molar-refractivity contribution in [1.82, 2.24) is 14.7 Å². The van der Waals surface area contributed by atoms with Crippen LogP contribution >= 0.6 is 0 Å². The van der Waals surface area contributed by atoms with Gasteiger partial charge in [0.15, 0.2) is 0 Å². The number of hydrogen-bond acceptors (Lipinski definition) is 3. The number of nitrogens with one attached hydrogen (secondary N) is 1. The molecule has 0 unspecified atom stereocenters. The van der Waals surface area contributed by atoms with E-state index in [1.165, 1.54) is 32.1 Å². The maximum Gasteiger partial charge on any atom is 0.230 e. The van der Waals surface area contributed by atoms with Crippen molar-refractivity contribution in [3.05, 3.63) is 42.7 Å². The predicted molar refractivity (Wildman–Crippen MR) is 94.1 cm³/mol. The van der Waals surface area contributed by atoms with Crippen molar-refractivity contribution in [2.75, 3.05) is 18.4 Å². The summed E-state index contributed by atoms with van der Waals surface area (Å²) in [5.41, 5.74) is 1.79. The topological polar surface area (TPSA) is 50.2 Å². The van der Waals surface area contributed by atoms with E-state index in [1.807, 2.05) is 36.5 Å². The van der Waals surface area contributed by atoms with Gasteiger partial charge in [-0.3, -0.25) is 9.69 Å². The van der Waals surface area contributed by atoms with E-state index in [2.05, 4.69) is 15.3 Å². The molecule has 1 aliphatic carbocycles. The lowest BCUT2D eigenvalue weighted by Crippen LogP contribution is -2.56. The first kappa shape index (κ1) is 15.4. The molecule has 5 heteroatoms. The summed E-state index contributed by atoms with van der Waals surface area (Å²) in [6.07, 6.45) is 10.3. The summed E-state index contributed by atoms with van der Waals surface area (Å²) in [6.45, 7) is 1.82. The Labute approximate surface area is 142 Å². The van der Waals surface area contributed by atoms with Crippen LogP contribution < -0.4 is 5.32 Å². The van der Waals surface area contributed by atoms with Crippen molar-refractivity contribution in [3.63, 3.8) is 0 Å². The van der Waals surface area contributed by atoms with E-state index in [0.717, 1.165) is 24.5 Å². The molecule has 5 nitrogen and oxygen atoms in total. The minimum absolute atomic E-state index is 0.125. The third-order valence-corrected chi connectivity index (χ3v) is 5.25. The van der Waals surface area contributed by atoms with Crippen LogP contribution in [0.2, 0.25) is 0 Å². The Hall–Kier alpha value is -2.14. The van der Waals surface area contributed by atoms with Crippen LogP contribution in [-0.4, -0.2) is 39.7 Å². The van der Waals surface area contributed by atoms with Crippen molar-refractivity contribution in [3.8, 4) is 5.69 Å². The van der Waals surface area contributed by atoms with Crippen LogP contribution in [0.4, 0.5) is 5.69 Å². The molecule has 1 saturated heterocycles. The fourth-order valence-electron chi connectivity index (χ4n) is 3.81. The summed E-state index contributed by atoms with van der Waals surface area (Å²) in [4.78, 5) is 15.0. The van der Waals surface area contributed by atoms with Crippen LogP contribution in [0, 0.1) is 5.92 Å². The van der Waals surface area contributed by atoms with Crippen molar-refractivity contribution in [1.29, 1.82) is 0 Å². The van der Waals surface area contributed by atoms with Crippen molar-refractivity contribution in [2.45, 2.75) is 38.1 Å². The SMILES string of the molecule is O=C(Nc1cccc(-n2cccn2)c1)C1CN(C2CCCCC2)C1. The number of amides is 1. The van der Waals surface area contributed by atoms with E-state index in [4.69, 9.17) is 0 Å². The first-order valence-corrected chi connectivity index (χ1v) is 8.94. The smallest absolute Gasteiger partial charge is 0.230 e. The molecule has 1 N–H and O–H groups in total. The van der Waals surface area contributed by atoms with E-state index in [9.17, 15) is 4.79 Å². The molecule has 1 aliphatic heterocycles. The molecule has 1 amide bonds. The van der Waals surface area contributed by atoms with Crippen LogP contribution in [0.5, 0.6) is 0 Å². The number of aromatic nitrogens is 2. The van der Waals surface area contributed by atoms with Gasteiger partial charge in [-0.25, -0.2) is 4.68 Å². The van der Waals surface area contributed by atoms with Crippen LogP contribution in [0.1, 0.15) is 32.1 Å². The maximum absolute atomic E-state index is 12.5. The summed E-state index contributed by atoms with van der Waals surface area (Å²) in [6, 6.07) is 10.4. The average molecular weight is 324 g/mol. The van der Waals surface area contributed by atoms with E-state index in [-0.39, 0.29) is 11.8 Å². The van der Waals surface area contributed by atoms with Gasteiger partial charge in [0, 0.05) is 37.2 Å². The normalized spacial score (nSPS) is 19.8. The van der Waals surface area contributed by atoms with Crippen molar-refractivity contribution in [2.24, 2.45) is 5.92 Å². The molecule has 24 heavy (non-hydrogen) atoms. The lowest BCUT2D eigenvalue weighted by Gasteiger charge is -2.45. The third kappa shape index (κ3) is 3.22. The highest BCUT2D eigenvalue weighted by molar-refractivity contribution is 5.93. The Kier molecular flexibility index (Phi) is 4.34. The summed E-state index contributed by atoms with van der Waals surface area (Å²) in [5, 5.41) is 7.29. The third-order valence-electron chi connectivity index (χ3n) is 5.25. The zero-order valence-corrected chi connectivity index (χ0v) is 13.9. The van der Waals surface area contributed by atoms with Gasteiger partial charge >= 0.3 is 0 Å². The molecule has 1 saturated carbocycles. The van der Waals surface area contributed by atoms with Gasteiger partial charge in [0.05, 0.1) is 11.6 Å². The van der Waals surface area contributed by atoms with Crippen molar-refractivity contribution < 1.29 is 4.79 Å². The predicted octanol–water partition coefficient (Wildman–Crippen LogP) is 3.08. The second-order valence-electron chi connectivity index (χ2n) is 6.93. The number of rotatable bonds is 4. The minimum atomic E-state index is 0.125. The summed E-state index contributed by atoms with van der Waals surface area (Å²) in [7, 11) is 0. The highest BCUT2D eigenvalue weighted by Crippen LogP contribution is 2.29. The molecule has 2 aromatic rings. The van der Waals surface area contributed by atoms with Crippen LogP contribution in [-0.2, 0) is 4.79 Å². The summed E-state index contributed by atoms with van der Waals surface area (Å²) >= 11 is 0. The Balaban J connectivity index is 1.33. The van der Waals surface area contributed by atoms with Gasteiger partial charge in [0.2, 0.25) is 5.91 Å². The molecule has 2 aliphatic rings. The van der Waals surface area contributed by atoms with Gasteiger partial charge in [-0.15, -0.1) is 0 Å². The number of benzene rings is 1. The lowest BCUT2D eigenvalue weighted by molar-refractivity contribution is -0.126.